The molecule has 1 aliphatic rings. The number of likely N-dealkylation sites (tertiary alicyclic amines) is 1. The van der Waals surface area contributed by atoms with Gasteiger partial charge >= 0.3 is 5.97 Å². The number of carbonyl (C=O) groups is 1. The molecule has 1 atom stereocenters. The van der Waals surface area contributed by atoms with E-state index in [1.165, 1.54) is 12.8 Å². The zero-order chi connectivity index (χ0) is 14.7. The topological polar surface area (TPSA) is 69.2 Å². The average Bonchev–Trinajstić information content (AvgIpc) is 3.02. The first kappa shape index (κ1) is 13.8. The van der Waals surface area contributed by atoms with Gasteiger partial charge in [0.05, 0.1) is 17.3 Å². The van der Waals surface area contributed by atoms with Gasteiger partial charge in [0.25, 0.3) is 0 Å². The van der Waals surface area contributed by atoms with Gasteiger partial charge in [0.1, 0.15) is 0 Å². The highest BCUT2D eigenvalue weighted by atomic mass is 16.4. The van der Waals surface area contributed by atoms with Crippen molar-refractivity contribution >= 4 is 5.97 Å². The first-order valence-electron chi connectivity index (χ1n) is 7.29. The number of aromatic carboxylic acids is 1. The highest BCUT2D eigenvalue weighted by molar-refractivity contribution is 5.87. The quantitative estimate of drug-likeness (QED) is 0.906. The molecule has 0 aliphatic carbocycles. The van der Waals surface area contributed by atoms with E-state index in [4.69, 9.17) is 5.11 Å². The number of hydrogen-bond donors (Lipinski definition) is 2. The Morgan fingerprint density at radius 2 is 2.29 bits per heavy atom. The molecule has 2 N–H and O–H groups in total. The lowest BCUT2D eigenvalue weighted by Gasteiger charge is -2.35. The molecule has 0 amide bonds. The molecule has 2 aromatic rings. The van der Waals surface area contributed by atoms with Gasteiger partial charge in [0.2, 0.25) is 0 Å². The number of benzene rings is 1. The summed E-state index contributed by atoms with van der Waals surface area (Å²) in [6.45, 7) is 1.80. The van der Waals surface area contributed by atoms with Crippen LogP contribution in [0.3, 0.4) is 0 Å². The molecule has 3 rings (SSSR count). The summed E-state index contributed by atoms with van der Waals surface area (Å²) >= 11 is 0. The van der Waals surface area contributed by atoms with Crippen LogP contribution in [0.5, 0.6) is 0 Å². The second-order valence-corrected chi connectivity index (χ2v) is 5.50. The van der Waals surface area contributed by atoms with Crippen LogP contribution in [0, 0.1) is 0 Å². The number of H-pyrrole nitrogens is 1. The van der Waals surface area contributed by atoms with Crippen LogP contribution in [0.2, 0.25) is 0 Å². The molecule has 0 bridgehead atoms. The third-order valence-electron chi connectivity index (χ3n) is 4.05. The maximum Gasteiger partial charge on any atom is 0.335 e. The second kappa shape index (κ2) is 6.10. The standard InChI is InChI=1S/C16H19N3O2/c20-16(21)13-5-3-4-12(10-13)11-19-9-2-1-6-15(19)14-7-8-17-18-14/h3-5,7-8,10,15H,1-2,6,9,11H2,(H,17,18)(H,20,21). The number of aromatic nitrogens is 2. The number of aromatic amines is 1. The molecule has 0 radical (unpaired) electrons. The van der Waals surface area contributed by atoms with E-state index in [0.717, 1.165) is 30.8 Å². The van der Waals surface area contributed by atoms with E-state index in [1.807, 2.05) is 18.2 Å². The van der Waals surface area contributed by atoms with Crippen LogP contribution in [0.4, 0.5) is 0 Å². The fourth-order valence-electron chi connectivity index (χ4n) is 3.02. The molecule has 21 heavy (non-hydrogen) atoms. The van der Waals surface area contributed by atoms with E-state index >= 15 is 0 Å². The van der Waals surface area contributed by atoms with Crippen LogP contribution in [0.1, 0.15) is 46.9 Å². The number of nitrogens with one attached hydrogen (secondary N) is 1. The first-order chi connectivity index (χ1) is 10.2. The number of nitrogens with zero attached hydrogens (tertiary/aromatic N) is 2. The molecule has 1 saturated heterocycles. The van der Waals surface area contributed by atoms with Crippen molar-refractivity contribution in [3.63, 3.8) is 0 Å². The SMILES string of the molecule is O=C(O)c1cccc(CN2CCCCC2c2ccn[nH]2)c1. The van der Waals surface area contributed by atoms with Crippen molar-refractivity contribution in [2.45, 2.75) is 31.8 Å². The van der Waals surface area contributed by atoms with Gasteiger partial charge in [0.15, 0.2) is 0 Å². The smallest absolute Gasteiger partial charge is 0.335 e. The maximum atomic E-state index is 11.1. The summed E-state index contributed by atoms with van der Waals surface area (Å²) in [5.41, 5.74) is 2.54. The molecular weight excluding hydrogens is 266 g/mol. The van der Waals surface area contributed by atoms with Crippen LogP contribution < -0.4 is 0 Å². The van der Waals surface area contributed by atoms with Crippen molar-refractivity contribution in [2.24, 2.45) is 0 Å². The van der Waals surface area contributed by atoms with Crippen molar-refractivity contribution in [3.8, 4) is 0 Å². The van der Waals surface area contributed by atoms with Gasteiger partial charge in [-0.2, -0.15) is 5.10 Å². The summed E-state index contributed by atoms with van der Waals surface area (Å²) in [4.78, 5) is 13.5. The van der Waals surface area contributed by atoms with E-state index in [-0.39, 0.29) is 0 Å². The molecule has 1 unspecified atom stereocenters. The van der Waals surface area contributed by atoms with E-state index < -0.39 is 5.97 Å². The van der Waals surface area contributed by atoms with Gasteiger partial charge < -0.3 is 5.11 Å². The van der Waals surface area contributed by atoms with E-state index in [0.29, 0.717) is 11.6 Å². The van der Waals surface area contributed by atoms with Gasteiger partial charge in [-0.25, -0.2) is 4.79 Å². The van der Waals surface area contributed by atoms with Crippen LogP contribution in [0.25, 0.3) is 0 Å². The third-order valence-corrected chi connectivity index (χ3v) is 4.05. The lowest BCUT2D eigenvalue weighted by molar-refractivity contribution is 0.0696. The molecular formula is C16H19N3O2. The minimum Gasteiger partial charge on any atom is -0.478 e. The molecule has 110 valence electrons. The lowest BCUT2D eigenvalue weighted by atomic mass is 9.98. The van der Waals surface area contributed by atoms with Gasteiger partial charge in [-0.1, -0.05) is 18.6 Å². The Kier molecular flexibility index (Phi) is 4.01. The Morgan fingerprint density at radius 3 is 3.05 bits per heavy atom. The predicted octanol–water partition coefficient (Wildman–Crippen LogP) is 2.84. The molecule has 5 heteroatoms. The Hall–Kier alpha value is -2.14. The largest absolute Gasteiger partial charge is 0.478 e. The van der Waals surface area contributed by atoms with Gasteiger partial charge in [-0.05, 0) is 43.1 Å². The highest BCUT2D eigenvalue weighted by Gasteiger charge is 2.25. The highest BCUT2D eigenvalue weighted by Crippen LogP contribution is 2.30. The maximum absolute atomic E-state index is 11.1. The van der Waals surface area contributed by atoms with Gasteiger partial charge in [-0.3, -0.25) is 10.00 Å². The first-order valence-corrected chi connectivity index (χ1v) is 7.29. The summed E-state index contributed by atoms with van der Waals surface area (Å²) in [6.07, 6.45) is 5.30. The van der Waals surface area contributed by atoms with E-state index in [9.17, 15) is 4.79 Å². The van der Waals surface area contributed by atoms with Crippen LogP contribution in [-0.2, 0) is 6.54 Å². The number of piperidine rings is 1. The van der Waals surface area contributed by atoms with Gasteiger partial charge in [0, 0.05) is 12.7 Å². The Bertz CT molecular complexity index is 610. The summed E-state index contributed by atoms with van der Waals surface area (Å²) in [6, 6.07) is 9.57. The number of carboxylic acids is 1. The summed E-state index contributed by atoms with van der Waals surface area (Å²) in [5.74, 6) is -0.874. The Balaban J connectivity index is 1.78. The zero-order valence-corrected chi connectivity index (χ0v) is 11.8. The number of carboxylic acid groups (broad SMARTS) is 1. The monoisotopic (exact) mass is 285 g/mol. The molecule has 1 aromatic heterocycles. The van der Waals surface area contributed by atoms with Crippen molar-refractivity contribution in [2.75, 3.05) is 6.54 Å². The third kappa shape index (κ3) is 3.13. The summed E-state index contributed by atoms with van der Waals surface area (Å²) < 4.78 is 0. The molecule has 1 aliphatic heterocycles. The number of hydrogen-bond acceptors (Lipinski definition) is 3. The lowest BCUT2D eigenvalue weighted by Crippen LogP contribution is -2.33. The average molecular weight is 285 g/mol. The summed E-state index contributed by atoms with van der Waals surface area (Å²) in [7, 11) is 0. The number of rotatable bonds is 4. The second-order valence-electron chi connectivity index (χ2n) is 5.50. The predicted molar refractivity (Wildman–Crippen MR) is 79.0 cm³/mol. The van der Waals surface area contributed by atoms with Crippen molar-refractivity contribution < 1.29 is 9.90 Å². The fraction of sp³-hybridized carbons (Fsp3) is 0.375. The molecule has 5 nitrogen and oxygen atoms in total. The zero-order valence-electron chi connectivity index (χ0n) is 11.8. The van der Waals surface area contributed by atoms with Crippen molar-refractivity contribution in [3.05, 3.63) is 53.3 Å². The minimum absolute atomic E-state index is 0.342. The van der Waals surface area contributed by atoms with Crippen molar-refractivity contribution in [1.29, 1.82) is 0 Å². The molecule has 2 heterocycles. The molecule has 0 saturated carbocycles. The van der Waals surface area contributed by atoms with E-state index in [1.54, 1.807) is 18.3 Å². The molecule has 1 fully saturated rings. The Morgan fingerprint density at radius 1 is 1.38 bits per heavy atom. The van der Waals surface area contributed by atoms with Gasteiger partial charge in [-0.15, -0.1) is 0 Å². The van der Waals surface area contributed by atoms with Crippen LogP contribution in [-0.4, -0.2) is 32.7 Å². The molecule has 1 aromatic carbocycles. The van der Waals surface area contributed by atoms with E-state index in [2.05, 4.69) is 15.1 Å². The minimum atomic E-state index is -0.874. The van der Waals surface area contributed by atoms with Crippen molar-refractivity contribution in [1.82, 2.24) is 15.1 Å². The normalized spacial score (nSPS) is 19.5. The van der Waals surface area contributed by atoms with Crippen LogP contribution >= 0.6 is 0 Å². The fourth-order valence-corrected chi connectivity index (χ4v) is 3.02. The molecule has 0 spiro atoms. The Labute approximate surface area is 123 Å². The van der Waals surface area contributed by atoms with Crippen LogP contribution in [0.15, 0.2) is 36.5 Å². The summed E-state index contributed by atoms with van der Waals surface area (Å²) in [5, 5.41) is 16.2.